The van der Waals surface area contributed by atoms with Gasteiger partial charge in [0.25, 0.3) is 5.91 Å². The first-order valence-electron chi connectivity index (χ1n) is 10.7. The quantitative estimate of drug-likeness (QED) is 0.605. The van der Waals surface area contributed by atoms with Gasteiger partial charge in [-0.1, -0.05) is 24.4 Å². The maximum atomic E-state index is 12.9. The molecule has 3 rings (SSSR count). The molecule has 1 amide bonds. The van der Waals surface area contributed by atoms with Crippen LogP contribution in [-0.2, 0) is 10.0 Å². The Bertz CT molecular complexity index is 1050. The number of hydrogen-bond acceptors (Lipinski definition) is 5. The van der Waals surface area contributed by atoms with Gasteiger partial charge in [-0.25, -0.2) is 8.42 Å². The summed E-state index contributed by atoms with van der Waals surface area (Å²) in [6.45, 7) is 4.82. The van der Waals surface area contributed by atoms with E-state index < -0.39 is 15.9 Å². The van der Waals surface area contributed by atoms with Crippen LogP contribution < -0.4 is 14.8 Å². The first-order valence-corrected chi connectivity index (χ1v) is 12.5. The molecule has 0 radical (unpaired) electrons. The van der Waals surface area contributed by atoms with Crippen molar-refractivity contribution in [1.82, 2.24) is 4.31 Å². The molecule has 1 saturated heterocycles. The maximum absolute atomic E-state index is 12.9. The molecule has 9 heteroatoms. The Morgan fingerprint density at radius 1 is 1.06 bits per heavy atom. The lowest BCUT2D eigenvalue weighted by Gasteiger charge is -2.20. The van der Waals surface area contributed by atoms with Gasteiger partial charge in [0.1, 0.15) is 0 Å². The van der Waals surface area contributed by atoms with Crippen LogP contribution in [0.3, 0.4) is 0 Å². The third kappa shape index (κ3) is 5.74. The molecule has 1 aliphatic rings. The lowest BCUT2D eigenvalue weighted by Crippen LogP contribution is -2.31. The molecule has 0 saturated carbocycles. The first kappa shape index (κ1) is 24.4. The normalized spacial score (nSPS) is 15.3. The van der Waals surface area contributed by atoms with Crippen LogP contribution in [0.2, 0.25) is 5.02 Å². The van der Waals surface area contributed by atoms with E-state index in [-0.39, 0.29) is 16.0 Å². The van der Waals surface area contributed by atoms with Crippen LogP contribution in [0.1, 0.15) is 49.9 Å². The van der Waals surface area contributed by atoms with Crippen molar-refractivity contribution in [2.24, 2.45) is 0 Å². The molecule has 1 aliphatic heterocycles. The van der Waals surface area contributed by atoms with Gasteiger partial charge in [0.2, 0.25) is 10.0 Å². The van der Waals surface area contributed by atoms with Crippen LogP contribution >= 0.6 is 11.6 Å². The number of carbonyl (C=O) groups excluding carboxylic acids is 1. The molecule has 174 valence electrons. The Balaban J connectivity index is 1.75. The second-order valence-electron chi connectivity index (χ2n) is 7.95. The first-order chi connectivity index (χ1) is 15.2. The topological polar surface area (TPSA) is 84.9 Å². The number of sulfonamides is 1. The molecule has 0 atom stereocenters. The highest BCUT2D eigenvalue weighted by Gasteiger charge is 2.25. The summed E-state index contributed by atoms with van der Waals surface area (Å²) < 4.78 is 38.4. The summed E-state index contributed by atoms with van der Waals surface area (Å²) in [7, 11) is -2.06. The van der Waals surface area contributed by atoms with E-state index in [2.05, 4.69) is 5.32 Å². The summed E-state index contributed by atoms with van der Waals surface area (Å²) in [4.78, 5) is 13.0. The van der Waals surface area contributed by atoms with Gasteiger partial charge in [-0.05, 0) is 63.1 Å². The van der Waals surface area contributed by atoms with E-state index in [1.807, 2.05) is 13.8 Å². The Kier molecular flexibility index (Phi) is 8.03. The molecule has 2 aromatic carbocycles. The number of nitrogens with one attached hydrogen (secondary N) is 1. The van der Waals surface area contributed by atoms with Crippen molar-refractivity contribution in [3.8, 4) is 11.5 Å². The van der Waals surface area contributed by atoms with Crippen LogP contribution in [0.25, 0.3) is 0 Å². The molecule has 0 aliphatic carbocycles. The molecule has 0 spiro atoms. The summed E-state index contributed by atoms with van der Waals surface area (Å²) in [5.74, 6) is 0.337. The van der Waals surface area contributed by atoms with Crippen molar-refractivity contribution >= 4 is 33.2 Å². The van der Waals surface area contributed by atoms with Crippen molar-refractivity contribution in [1.29, 1.82) is 0 Å². The lowest BCUT2D eigenvalue weighted by atomic mass is 10.1. The molecule has 1 heterocycles. The minimum Gasteiger partial charge on any atom is -0.493 e. The molecule has 7 nitrogen and oxygen atoms in total. The molecule has 0 aromatic heterocycles. The zero-order valence-electron chi connectivity index (χ0n) is 18.6. The minimum absolute atomic E-state index is 0.106. The van der Waals surface area contributed by atoms with Gasteiger partial charge in [-0.3, -0.25) is 4.79 Å². The Hall–Kier alpha value is -2.29. The number of methoxy groups -OCH3 is 1. The largest absolute Gasteiger partial charge is 0.493 e. The number of ether oxygens (including phenoxy) is 2. The number of hydrogen-bond donors (Lipinski definition) is 1. The summed E-state index contributed by atoms with van der Waals surface area (Å²) in [5.41, 5.74) is 0.770. The predicted octanol–water partition coefficient (Wildman–Crippen LogP) is 4.95. The number of amides is 1. The maximum Gasteiger partial charge on any atom is 0.255 e. The van der Waals surface area contributed by atoms with Crippen LogP contribution in [0, 0.1) is 0 Å². The van der Waals surface area contributed by atoms with Gasteiger partial charge in [0.05, 0.1) is 23.1 Å². The molecule has 0 unspecified atom stereocenters. The van der Waals surface area contributed by atoms with Crippen molar-refractivity contribution < 1.29 is 22.7 Å². The Morgan fingerprint density at radius 3 is 2.25 bits per heavy atom. The van der Waals surface area contributed by atoms with Gasteiger partial charge in [0, 0.05) is 24.3 Å². The summed E-state index contributed by atoms with van der Waals surface area (Å²) in [5, 5.41) is 3.03. The van der Waals surface area contributed by atoms with Gasteiger partial charge in [-0.2, -0.15) is 4.31 Å². The second-order valence-corrected chi connectivity index (χ2v) is 10.3. The van der Waals surface area contributed by atoms with Crippen molar-refractivity contribution in [3.63, 3.8) is 0 Å². The van der Waals surface area contributed by atoms with E-state index in [1.165, 1.54) is 25.3 Å². The zero-order chi connectivity index (χ0) is 23.3. The Morgan fingerprint density at radius 2 is 1.69 bits per heavy atom. The summed E-state index contributed by atoms with van der Waals surface area (Å²) in [6.07, 6.45) is 3.75. The fraction of sp³-hybridized carbons (Fsp3) is 0.435. The van der Waals surface area contributed by atoms with Crippen molar-refractivity contribution in [3.05, 3.63) is 47.0 Å². The fourth-order valence-corrected chi connectivity index (χ4v) is 5.32. The van der Waals surface area contributed by atoms with Gasteiger partial charge < -0.3 is 14.8 Å². The SMILES string of the molecule is COc1cc(C(=O)Nc2ccc(S(=O)(=O)N3CCCCCC3)cc2)cc(Cl)c1OC(C)C. The van der Waals surface area contributed by atoms with Crippen LogP contribution in [0.15, 0.2) is 41.3 Å². The number of rotatable bonds is 7. The van der Waals surface area contributed by atoms with Gasteiger partial charge >= 0.3 is 0 Å². The molecule has 2 aromatic rings. The third-order valence-electron chi connectivity index (χ3n) is 5.16. The monoisotopic (exact) mass is 480 g/mol. The summed E-state index contributed by atoms with van der Waals surface area (Å²) >= 11 is 6.30. The highest BCUT2D eigenvalue weighted by molar-refractivity contribution is 7.89. The van der Waals surface area contributed by atoms with Crippen LogP contribution in [-0.4, -0.2) is 44.9 Å². The number of carbonyl (C=O) groups is 1. The molecule has 32 heavy (non-hydrogen) atoms. The average molecular weight is 481 g/mol. The smallest absolute Gasteiger partial charge is 0.255 e. The summed E-state index contributed by atoms with van der Waals surface area (Å²) in [6, 6.07) is 9.26. The zero-order valence-corrected chi connectivity index (χ0v) is 20.1. The number of benzene rings is 2. The van der Waals surface area contributed by atoms with Crippen molar-refractivity contribution in [2.75, 3.05) is 25.5 Å². The van der Waals surface area contributed by atoms with Gasteiger partial charge in [0.15, 0.2) is 11.5 Å². The standard InChI is InChI=1S/C23H29ClN2O5S/c1-16(2)31-22-20(24)14-17(15-21(22)30-3)23(27)25-18-8-10-19(11-9-18)32(28,29)26-12-6-4-5-7-13-26/h8-11,14-16H,4-7,12-13H2,1-3H3,(H,25,27). The third-order valence-corrected chi connectivity index (χ3v) is 7.35. The number of nitrogens with zero attached hydrogens (tertiary/aromatic N) is 1. The molecular formula is C23H29ClN2O5S. The van der Waals surface area contributed by atoms with Crippen LogP contribution in [0.5, 0.6) is 11.5 Å². The predicted molar refractivity (Wildman–Crippen MR) is 125 cm³/mol. The highest BCUT2D eigenvalue weighted by Crippen LogP contribution is 2.37. The lowest BCUT2D eigenvalue weighted by molar-refractivity contribution is 0.102. The van der Waals surface area contributed by atoms with Crippen molar-refractivity contribution in [2.45, 2.75) is 50.5 Å². The van der Waals surface area contributed by atoms with E-state index in [0.717, 1.165) is 25.7 Å². The number of anilines is 1. The van der Waals surface area contributed by atoms with E-state index in [1.54, 1.807) is 22.5 Å². The fourth-order valence-electron chi connectivity index (χ4n) is 3.55. The number of halogens is 1. The minimum atomic E-state index is -3.54. The highest BCUT2D eigenvalue weighted by atomic mass is 35.5. The second kappa shape index (κ2) is 10.6. The van der Waals surface area contributed by atoms with Gasteiger partial charge in [-0.15, -0.1) is 0 Å². The molecule has 1 fully saturated rings. The molecular weight excluding hydrogens is 452 g/mol. The van der Waals surface area contributed by atoms with E-state index >= 15 is 0 Å². The molecule has 0 bridgehead atoms. The average Bonchev–Trinajstić information content (AvgIpc) is 3.05. The molecule has 1 N–H and O–H groups in total. The van der Waals surface area contributed by atoms with Crippen LogP contribution in [0.4, 0.5) is 5.69 Å². The van der Waals surface area contributed by atoms with E-state index in [0.29, 0.717) is 35.8 Å². The van der Waals surface area contributed by atoms with E-state index in [4.69, 9.17) is 21.1 Å². The Labute approximate surface area is 194 Å². The van der Waals surface area contributed by atoms with E-state index in [9.17, 15) is 13.2 Å².